The number of rotatable bonds is 3. The molecule has 0 saturated carbocycles. The van der Waals surface area contributed by atoms with E-state index >= 15 is 0 Å². The molecule has 1 atom stereocenters. The number of amides is 1. The molecule has 1 amide bonds. The van der Waals surface area contributed by atoms with Gasteiger partial charge in [0.15, 0.2) is 0 Å². The Labute approximate surface area is 130 Å². The molecule has 2 aromatic carbocycles. The molecule has 0 saturated heterocycles. The lowest BCUT2D eigenvalue weighted by atomic mass is 10.1. The molecule has 0 bridgehead atoms. The Hall–Kier alpha value is -1.39. The molecular formula is C15H12BrClFNO. The fourth-order valence-corrected chi connectivity index (χ4v) is 2.39. The Morgan fingerprint density at radius 3 is 2.70 bits per heavy atom. The SMILES string of the molecule is CC(Br)c1ccccc1NC(=O)c1cc(Cl)ccc1F. The zero-order chi connectivity index (χ0) is 14.7. The predicted octanol–water partition coefficient (Wildman–Crippen LogP) is 5.19. The number of alkyl halides is 1. The first-order valence-corrected chi connectivity index (χ1v) is 7.28. The highest BCUT2D eigenvalue weighted by atomic mass is 79.9. The van der Waals surface area contributed by atoms with Crippen molar-refractivity contribution >= 4 is 39.1 Å². The molecule has 0 fully saturated rings. The largest absolute Gasteiger partial charge is 0.322 e. The molecule has 2 nitrogen and oxygen atoms in total. The van der Waals surface area contributed by atoms with E-state index in [1.165, 1.54) is 18.2 Å². The molecule has 0 heterocycles. The van der Waals surface area contributed by atoms with Gasteiger partial charge in [0.1, 0.15) is 5.82 Å². The first-order valence-electron chi connectivity index (χ1n) is 5.98. The van der Waals surface area contributed by atoms with Crippen molar-refractivity contribution in [2.45, 2.75) is 11.8 Å². The van der Waals surface area contributed by atoms with E-state index in [1.54, 1.807) is 6.07 Å². The fraction of sp³-hybridized carbons (Fsp3) is 0.133. The average molecular weight is 357 g/mol. The monoisotopic (exact) mass is 355 g/mol. The molecule has 5 heteroatoms. The molecule has 104 valence electrons. The van der Waals surface area contributed by atoms with Crippen molar-refractivity contribution < 1.29 is 9.18 Å². The molecule has 0 aromatic heterocycles. The van der Waals surface area contributed by atoms with E-state index in [2.05, 4.69) is 21.2 Å². The van der Waals surface area contributed by atoms with Gasteiger partial charge in [-0.15, -0.1) is 0 Å². The van der Waals surface area contributed by atoms with Crippen LogP contribution in [0.3, 0.4) is 0 Å². The van der Waals surface area contributed by atoms with Gasteiger partial charge in [0.05, 0.1) is 5.56 Å². The lowest BCUT2D eigenvalue weighted by Gasteiger charge is -2.13. The Morgan fingerprint density at radius 1 is 1.30 bits per heavy atom. The summed E-state index contributed by atoms with van der Waals surface area (Å²) >= 11 is 9.25. The van der Waals surface area contributed by atoms with Gasteiger partial charge in [-0.2, -0.15) is 0 Å². The van der Waals surface area contributed by atoms with Crippen LogP contribution >= 0.6 is 27.5 Å². The van der Waals surface area contributed by atoms with Gasteiger partial charge in [0.2, 0.25) is 0 Å². The summed E-state index contributed by atoms with van der Waals surface area (Å²) in [4.78, 5) is 12.2. The maximum Gasteiger partial charge on any atom is 0.258 e. The molecule has 0 aliphatic carbocycles. The maximum absolute atomic E-state index is 13.7. The summed E-state index contributed by atoms with van der Waals surface area (Å²) in [6, 6.07) is 11.2. The average Bonchev–Trinajstić information content (AvgIpc) is 2.41. The van der Waals surface area contributed by atoms with Crippen molar-refractivity contribution in [1.82, 2.24) is 0 Å². The van der Waals surface area contributed by atoms with Gasteiger partial charge in [0.25, 0.3) is 5.91 Å². The number of anilines is 1. The quantitative estimate of drug-likeness (QED) is 0.754. The van der Waals surface area contributed by atoms with E-state index in [1.807, 2.05) is 25.1 Å². The third-order valence-electron chi connectivity index (χ3n) is 2.81. The van der Waals surface area contributed by atoms with Crippen LogP contribution in [-0.4, -0.2) is 5.91 Å². The van der Waals surface area contributed by atoms with E-state index in [-0.39, 0.29) is 10.4 Å². The molecule has 0 radical (unpaired) electrons. The van der Waals surface area contributed by atoms with Gasteiger partial charge in [-0.3, -0.25) is 4.79 Å². The third kappa shape index (κ3) is 3.38. The highest BCUT2D eigenvalue weighted by Gasteiger charge is 2.15. The lowest BCUT2D eigenvalue weighted by molar-refractivity contribution is 0.102. The lowest BCUT2D eigenvalue weighted by Crippen LogP contribution is -2.15. The highest BCUT2D eigenvalue weighted by molar-refractivity contribution is 9.09. The van der Waals surface area contributed by atoms with Gasteiger partial charge in [-0.05, 0) is 36.8 Å². The van der Waals surface area contributed by atoms with Crippen molar-refractivity contribution in [2.75, 3.05) is 5.32 Å². The van der Waals surface area contributed by atoms with Crippen LogP contribution in [0.1, 0.15) is 27.7 Å². The van der Waals surface area contributed by atoms with E-state index in [9.17, 15) is 9.18 Å². The molecule has 0 aliphatic rings. The van der Waals surface area contributed by atoms with Crippen molar-refractivity contribution in [2.24, 2.45) is 0 Å². The second-order valence-electron chi connectivity index (χ2n) is 4.28. The Bertz CT molecular complexity index is 646. The van der Waals surface area contributed by atoms with Crippen LogP contribution in [-0.2, 0) is 0 Å². The van der Waals surface area contributed by atoms with Gasteiger partial charge in [-0.1, -0.05) is 45.7 Å². The normalized spacial score (nSPS) is 12.0. The number of hydrogen-bond acceptors (Lipinski definition) is 1. The second-order valence-corrected chi connectivity index (χ2v) is 6.09. The van der Waals surface area contributed by atoms with Crippen LogP contribution in [0.15, 0.2) is 42.5 Å². The fourth-order valence-electron chi connectivity index (χ4n) is 1.82. The van der Waals surface area contributed by atoms with Crippen molar-refractivity contribution in [1.29, 1.82) is 0 Å². The summed E-state index contributed by atoms with van der Waals surface area (Å²) in [7, 11) is 0. The van der Waals surface area contributed by atoms with Crippen molar-refractivity contribution in [3.8, 4) is 0 Å². The Balaban J connectivity index is 2.31. The van der Waals surface area contributed by atoms with E-state index in [0.717, 1.165) is 5.56 Å². The summed E-state index contributed by atoms with van der Waals surface area (Å²) in [5, 5.41) is 3.03. The first-order chi connectivity index (χ1) is 9.49. The van der Waals surface area contributed by atoms with Gasteiger partial charge < -0.3 is 5.32 Å². The number of benzene rings is 2. The molecule has 20 heavy (non-hydrogen) atoms. The minimum atomic E-state index is -0.601. The summed E-state index contributed by atoms with van der Waals surface area (Å²) in [5.41, 5.74) is 1.49. The van der Waals surface area contributed by atoms with Crippen LogP contribution in [0, 0.1) is 5.82 Å². The summed E-state index contributed by atoms with van der Waals surface area (Å²) < 4.78 is 13.7. The minimum absolute atomic E-state index is 0.0724. The number of nitrogens with one attached hydrogen (secondary N) is 1. The summed E-state index contributed by atoms with van der Waals surface area (Å²) in [6.07, 6.45) is 0. The van der Waals surface area contributed by atoms with Crippen LogP contribution < -0.4 is 5.32 Å². The number of carbonyl (C=O) groups excluding carboxylic acids is 1. The number of halogens is 3. The molecule has 2 aromatic rings. The van der Waals surface area contributed by atoms with E-state index in [0.29, 0.717) is 10.7 Å². The second kappa shape index (κ2) is 6.37. The van der Waals surface area contributed by atoms with Crippen LogP contribution in [0.2, 0.25) is 5.02 Å². The number of hydrogen-bond donors (Lipinski definition) is 1. The third-order valence-corrected chi connectivity index (χ3v) is 3.54. The molecule has 1 N–H and O–H groups in total. The maximum atomic E-state index is 13.7. The first kappa shape index (κ1) is 15.0. The summed E-state index contributed by atoms with van der Waals surface area (Å²) in [5.74, 6) is -1.12. The zero-order valence-electron chi connectivity index (χ0n) is 10.7. The van der Waals surface area contributed by atoms with Crippen LogP contribution in [0.5, 0.6) is 0 Å². The van der Waals surface area contributed by atoms with Crippen molar-refractivity contribution in [3.63, 3.8) is 0 Å². The Morgan fingerprint density at radius 2 is 2.00 bits per heavy atom. The van der Waals surface area contributed by atoms with E-state index < -0.39 is 11.7 Å². The zero-order valence-corrected chi connectivity index (χ0v) is 13.0. The topological polar surface area (TPSA) is 29.1 Å². The number of para-hydroxylation sites is 1. The Kier molecular flexibility index (Phi) is 4.78. The van der Waals surface area contributed by atoms with Crippen molar-refractivity contribution in [3.05, 3.63) is 64.4 Å². The molecule has 1 unspecified atom stereocenters. The standard InChI is InChI=1S/C15H12BrClFNO/c1-9(16)11-4-2-3-5-14(11)19-15(20)12-8-10(17)6-7-13(12)18/h2-9H,1H3,(H,19,20). The summed E-state index contributed by atoms with van der Waals surface area (Å²) in [6.45, 7) is 1.95. The molecule has 0 aliphatic heterocycles. The van der Waals surface area contributed by atoms with Gasteiger partial charge >= 0.3 is 0 Å². The smallest absolute Gasteiger partial charge is 0.258 e. The van der Waals surface area contributed by atoms with Gasteiger partial charge in [-0.25, -0.2) is 4.39 Å². The van der Waals surface area contributed by atoms with Gasteiger partial charge in [0, 0.05) is 15.5 Å². The van der Waals surface area contributed by atoms with E-state index in [4.69, 9.17) is 11.6 Å². The minimum Gasteiger partial charge on any atom is -0.322 e. The van der Waals surface area contributed by atoms with Crippen LogP contribution in [0.4, 0.5) is 10.1 Å². The predicted molar refractivity (Wildman–Crippen MR) is 83.1 cm³/mol. The van der Waals surface area contributed by atoms with Crippen LogP contribution in [0.25, 0.3) is 0 Å². The highest BCUT2D eigenvalue weighted by Crippen LogP contribution is 2.29. The molecular weight excluding hydrogens is 345 g/mol. The molecule has 2 rings (SSSR count). The number of carbonyl (C=O) groups is 1. The molecule has 0 spiro atoms.